The van der Waals surface area contributed by atoms with Crippen LogP contribution in [0.4, 0.5) is 0 Å². The fraction of sp³-hybridized carbons (Fsp3) is 1.00. The molecule has 0 rings (SSSR count). The Labute approximate surface area is 48.8 Å². The van der Waals surface area contributed by atoms with Crippen LogP contribution in [0, 0.1) is 4.91 Å². The van der Waals surface area contributed by atoms with Crippen LogP contribution >= 0.6 is 0 Å². The predicted molar refractivity (Wildman–Crippen MR) is 26.6 cm³/mol. The maximum absolute atomic E-state index is 9.18. The monoisotopic (exact) mass is 82.1 g/mol. The van der Waals surface area contributed by atoms with E-state index in [-0.39, 0.29) is 18.9 Å². The molecule has 0 aromatic rings. The summed E-state index contributed by atoms with van der Waals surface area (Å²) in [5, 5.41) is 3.67. The molecule has 0 fully saturated rings. The Hall–Kier alpha value is -0.00260. The molecule has 6 heavy (non-hydrogen) atoms. The van der Waals surface area contributed by atoms with Gasteiger partial charge in [-0.3, -0.25) is 5.01 Å². The van der Waals surface area contributed by atoms with Gasteiger partial charge in [0, 0.05) is 14.1 Å². The van der Waals surface area contributed by atoms with E-state index in [1.807, 2.05) is 0 Å². The summed E-state index contributed by atoms with van der Waals surface area (Å²) in [7, 11) is 3.15. The zero-order valence-electron chi connectivity index (χ0n) is 3.30. The second-order valence-corrected chi connectivity index (χ2v) is 0.929. The Bertz CT molecular complexity index is 38.5. The topological polar surface area (TPSA) is 32.7 Å². The minimum absolute atomic E-state index is 0. The molecule has 0 aromatic carbocycles. The van der Waals surface area contributed by atoms with Crippen LogP contribution in [-0.4, -0.2) is 38.0 Å². The Morgan fingerprint density at radius 2 is 1.67 bits per heavy atom. The fourth-order valence-electron chi connectivity index (χ4n) is 0. The van der Waals surface area contributed by atoms with E-state index < -0.39 is 0 Å². The number of nitroso groups, excluding NO2 is 1. The van der Waals surface area contributed by atoms with Gasteiger partial charge in [0.25, 0.3) is 0 Å². The maximum atomic E-state index is 9.18. The van der Waals surface area contributed by atoms with Crippen molar-refractivity contribution in [3.8, 4) is 0 Å². The van der Waals surface area contributed by atoms with E-state index in [0.717, 1.165) is 0 Å². The predicted octanol–water partition coefficient (Wildman–Crippen LogP) is -0.419. The van der Waals surface area contributed by atoms with E-state index >= 15 is 0 Å². The van der Waals surface area contributed by atoms with Crippen LogP contribution in [-0.2, 0) is 0 Å². The van der Waals surface area contributed by atoms with Crippen molar-refractivity contribution in [2.45, 2.75) is 0 Å². The summed E-state index contributed by atoms with van der Waals surface area (Å²) < 4.78 is 0. The first-order chi connectivity index (χ1) is 2.27. The third-order valence-corrected chi connectivity index (χ3v) is 0.163. The number of nitrogens with zero attached hydrogens (tertiary/aromatic N) is 2. The molecule has 0 amide bonds. The summed E-state index contributed by atoms with van der Waals surface area (Å²) in [5.41, 5.74) is 0. The van der Waals surface area contributed by atoms with E-state index in [2.05, 4.69) is 5.29 Å². The summed E-state index contributed by atoms with van der Waals surface area (Å²) in [6.07, 6.45) is 0. The van der Waals surface area contributed by atoms with Gasteiger partial charge >= 0.3 is 18.9 Å². The Balaban J connectivity index is 0. The molecule has 0 heterocycles. The van der Waals surface area contributed by atoms with Crippen LogP contribution in [0.25, 0.3) is 0 Å². The zero-order valence-corrected chi connectivity index (χ0v) is 3.30. The fourth-order valence-corrected chi connectivity index (χ4v) is 0. The minimum atomic E-state index is 0. The van der Waals surface area contributed by atoms with Crippen molar-refractivity contribution in [2.75, 3.05) is 14.1 Å². The number of hydrogen-bond acceptors (Lipinski definition) is 2. The first-order valence-corrected chi connectivity index (χ1v) is 1.28. The van der Waals surface area contributed by atoms with Gasteiger partial charge in [0.05, 0.1) is 5.29 Å². The van der Waals surface area contributed by atoms with E-state index in [9.17, 15) is 4.91 Å². The summed E-state index contributed by atoms with van der Waals surface area (Å²) in [6, 6.07) is 0. The molecular formula is C2H7LiN2O. The van der Waals surface area contributed by atoms with Crippen molar-refractivity contribution >= 4 is 18.9 Å². The third kappa shape index (κ3) is 9.00. The van der Waals surface area contributed by atoms with Gasteiger partial charge in [0.2, 0.25) is 0 Å². The van der Waals surface area contributed by atoms with Crippen LogP contribution in [0.1, 0.15) is 0 Å². The molecule has 0 radical (unpaired) electrons. The first kappa shape index (κ1) is 9.37. The zero-order chi connectivity index (χ0) is 4.28. The van der Waals surface area contributed by atoms with Crippen molar-refractivity contribution in [2.24, 2.45) is 5.29 Å². The van der Waals surface area contributed by atoms with Gasteiger partial charge in [0.1, 0.15) is 0 Å². The van der Waals surface area contributed by atoms with Gasteiger partial charge < -0.3 is 0 Å². The average Bonchev–Trinajstić information content (AvgIpc) is 1.38. The van der Waals surface area contributed by atoms with Crippen molar-refractivity contribution in [3.63, 3.8) is 0 Å². The third-order valence-electron chi connectivity index (χ3n) is 0.163. The molecule has 0 unspecified atom stereocenters. The van der Waals surface area contributed by atoms with Crippen LogP contribution in [0.3, 0.4) is 0 Å². The number of rotatable bonds is 1. The van der Waals surface area contributed by atoms with Crippen molar-refractivity contribution < 1.29 is 0 Å². The molecule has 4 heteroatoms. The quantitative estimate of drug-likeness (QED) is 0.244. The van der Waals surface area contributed by atoms with Crippen LogP contribution in [0.15, 0.2) is 5.29 Å². The van der Waals surface area contributed by atoms with Gasteiger partial charge in [0.15, 0.2) is 0 Å². The molecule has 0 aliphatic carbocycles. The molecule has 0 aliphatic heterocycles. The molecule has 32 valence electrons. The molecule has 0 spiro atoms. The Kier molecular flexibility index (Phi) is 7.81. The van der Waals surface area contributed by atoms with Crippen molar-refractivity contribution in [3.05, 3.63) is 4.91 Å². The molecular weight excluding hydrogens is 75.0 g/mol. The summed E-state index contributed by atoms with van der Waals surface area (Å²) >= 11 is 0. The van der Waals surface area contributed by atoms with E-state index in [1.165, 1.54) is 5.01 Å². The van der Waals surface area contributed by atoms with Gasteiger partial charge in [-0.25, -0.2) is 0 Å². The summed E-state index contributed by atoms with van der Waals surface area (Å²) in [4.78, 5) is 9.18. The molecule has 3 nitrogen and oxygen atoms in total. The molecule has 0 aliphatic rings. The molecule has 0 N–H and O–H groups in total. The Morgan fingerprint density at radius 3 is 1.67 bits per heavy atom. The van der Waals surface area contributed by atoms with Gasteiger partial charge in [-0.1, -0.05) is 0 Å². The van der Waals surface area contributed by atoms with Crippen LogP contribution in [0.5, 0.6) is 0 Å². The van der Waals surface area contributed by atoms with Gasteiger partial charge in [-0.15, -0.1) is 4.91 Å². The summed E-state index contributed by atoms with van der Waals surface area (Å²) in [5.74, 6) is 0. The van der Waals surface area contributed by atoms with Crippen molar-refractivity contribution in [1.82, 2.24) is 5.01 Å². The molecule has 0 saturated carbocycles. The summed E-state index contributed by atoms with van der Waals surface area (Å²) in [6.45, 7) is 0. The molecule has 0 bridgehead atoms. The van der Waals surface area contributed by atoms with Crippen LogP contribution < -0.4 is 0 Å². The first-order valence-electron chi connectivity index (χ1n) is 1.28. The second kappa shape index (κ2) is 5.00. The second-order valence-electron chi connectivity index (χ2n) is 0.929. The van der Waals surface area contributed by atoms with Gasteiger partial charge in [-0.2, -0.15) is 0 Å². The van der Waals surface area contributed by atoms with E-state index in [0.29, 0.717) is 0 Å². The number of hydrogen-bond donors (Lipinski definition) is 0. The van der Waals surface area contributed by atoms with Crippen molar-refractivity contribution in [1.29, 1.82) is 0 Å². The molecule has 0 aromatic heterocycles. The normalized spacial score (nSPS) is 5.67. The van der Waals surface area contributed by atoms with E-state index in [4.69, 9.17) is 0 Å². The average molecular weight is 82.0 g/mol. The van der Waals surface area contributed by atoms with Crippen LogP contribution in [0.2, 0.25) is 0 Å². The Morgan fingerprint density at radius 1 is 1.50 bits per heavy atom. The molecule has 0 atom stereocenters. The molecule has 0 saturated heterocycles. The standard InChI is InChI=1S/C2H6N2O.Li.H/c1-4(2)3-5;;/h1-2H3;;. The van der Waals surface area contributed by atoms with Gasteiger partial charge in [-0.05, 0) is 0 Å². The van der Waals surface area contributed by atoms with E-state index in [1.54, 1.807) is 14.1 Å². The SMILES string of the molecule is CN(C)N=O.[LiH].